The molecule has 2 aromatic rings. The Morgan fingerprint density at radius 2 is 2.27 bits per heavy atom. The number of rotatable bonds is 2. The zero-order chi connectivity index (χ0) is 15.1. The van der Waals surface area contributed by atoms with Crippen LogP contribution in [-0.4, -0.2) is 43.6 Å². The fraction of sp³-hybridized carbons (Fsp3) is 0.562. The number of aryl methyl sites for hydroxylation is 2. The van der Waals surface area contributed by atoms with Crippen molar-refractivity contribution in [2.45, 2.75) is 45.1 Å². The van der Waals surface area contributed by atoms with E-state index in [0.717, 1.165) is 62.3 Å². The summed E-state index contributed by atoms with van der Waals surface area (Å²) in [6.45, 7) is 3.59. The number of likely N-dealkylation sites (tertiary alicyclic amines) is 1. The van der Waals surface area contributed by atoms with Gasteiger partial charge < -0.3 is 9.47 Å². The van der Waals surface area contributed by atoms with Crippen LogP contribution in [0.25, 0.3) is 0 Å². The molecule has 22 heavy (non-hydrogen) atoms. The number of piperidine rings is 1. The van der Waals surface area contributed by atoms with Crippen molar-refractivity contribution in [3.05, 3.63) is 35.2 Å². The molecule has 1 atom stereocenters. The number of hydrogen-bond donors (Lipinski definition) is 1. The average molecular weight is 299 g/mol. The van der Waals surface area contributed by atoms with Crippen molar-refractivity contribution < 1.29 is 4.79 Å². The van der Waals surface area contributed by atoms with E-state index in [-0.39, 0.29) is 5.91 Å². The summed E-state index contributed by atoms with van der Waals surface area (Å²) in [6.07, 6.45) is 9.09. The van der Waals surface area contributed by atoms with Gasteiger partial charge in [0.2, 0.25) is 0 Å². The summed E-state index contributed by atoms with van der Waals surface area (Å²) in [7, 11) is 0. The standard InChI is InChI=1S/C16H21N5O/c1-11-17-7-9-21(11)12-4-3-8-20(10-12)16(22)15-13-5-2-6-14(13)18-19-15/h7,9,12H,2-6,8,10H2,1H3,(H,18,19). The van der Waals surface area contributed by atoms with Crippen LogP contribution in [0.2, 0.25) is 0 Å². The van der Waals surface area contributed by atoms with Crippen LogP contribution in [0, 0.1) is 6.92 Å². The molecule has 0 saturated carbocycles. The van der Waals surface area contributed by atoms with Gasteiger partial charge in [-0.25, -0.2) is 4.98 Å². The van der Waals surface area contributed by atoms with E-state index in [4.69, 9.17) is 0 Å². The van der Waals surface area contributed by atoms with Crippen LogP contribution in [0.1, 0.15) is 52.9 Å². The third-order valence-electron chi connectivity index (χ3n) is 4.95. The third kappa shape index (κ3) is 2.14. The van der Waals surface area contributed by atoms with Gasteiger partial charge in [-0.05, 0) is 39.0 Å². The fourth-order valence-corrected chi connectivity index (χ4v) is 3.79. The Hall–Kier alpha value is -2.11. The van der Waals surface area contributed by atoms with Gasteiger partial charge in [0, 0.05) is 36.7 Å². The Morgan fingerprint density at radius 1 is 1.36 bits per heavy atom. The minimum absolute atomic E-state index is 0.0851. The lowest BCUT2D eigenvalue weighted by Gasteiger charge is -2.33. The molecule has 3 heterocycles. The molecule has 0 aromatic carbocycles. The maximum atomic E-state index is 12.8. The smallest absolute Gasteiger partial charge is 0.274 e. The van der Waals surface area contributed by atoms with Crippen molar-refractivity contribution in [3.8, 4) is 0 Å². The predicted octanol–water partition coefficient (Wildman–Crippen LogP) is 1.88. The molecule has 1 unspecified atom stereocenters. The maximum absolute atomic E-state index is 12.8. The Labute approximate surface area is 129 Å². The first-order valence-corrected chi connectivity index (χ1v) is 8.09. The monoisotopic (exact) mass is 299 g/mol. The van der Waals surface area contributed by atoms with Crippen LogP contribution >= 0.6 is 0 Å². The number of aromatic nitrogens is 4. The van der Waals surface area contributed by atoms with E-state index in [2.05, 4.69) is 19.7 Å². The summed E-state index contributed by atoms with van der Waals surface area (Å²) in [5.41, 5.74) is 2.95. The van der Waals surface area contributed by atoms with E-state index in [0.29, 0.717) is 11.7 Å². The fourth-order valence-electron chi connectivity index (χ4n) is 3.79. The molecule has 1 fully saturated rings. The van der Waals surface area contributed by atoms with Crippen LogP contribution in [0.5, 0.6) is 0 Å². The van der Waals surface area contributed by atoms with E-state index < -0.39 is 0 Å². The highest BCUT2D eigenvalue weighted by molar-refractivity contribution is 5.94. The summed E-state index contributed by atoms with van der Waals surface area (Å²) >= 11 is 0. The third-order valence-corrected chi connectivity index (χ3v) is 4.95. The molecule has 1 amide bonds. The first-order valence-electron chi connectivity index (χ1n) is 8.09. The Kier molecular flexibility index (Phi) is 3.24. The molecule has 0 spiro atoms. The SMILES string of the molecule is Cc1nccn1C1CCCN(C(=O)c2n[nH]c3c2CCC3)C1. The zero-order valence-electron chi connectivity index (χ0n) is 12.9. The molecule has 2 aliphatic rings. The summed E-state index contributed by atoms with van der Waals surface area (Å²) in [5, 5.41) is 7.32. The quantitative estimate of drug-likeness (QED) is 0.920. The van der Waals surface area contributed by atoms with E-state index in [1.165, 1.54) is 0 Å². The summed E-state index contributed by atoms with van der Waals surface area (Å²) < 4.78 is 2.19. The molecule has 1 aliphatic carbocycles. The van der Waals surface area contributed by atoms with Gasteiger partial charge in [0.05, 0.1) is 6.04 Å². The molecule has 4 rings (SSSR count). The molecule has 0 bridgehead atoms. The van der Waals surface area contributed by atoms with Crippen molar-refractivity contribution in [3.63, 3.8) is 0 Å². The molecule has 1 N–H and O–H groups in total. The normalized spacial score (nSPS) is 21.1. The molecule has 6 heteroatoms. The summed E-state index contributed by atoms with van der Waals surface area (Å²) in [5.74, 6) is 1.10. The van der Waals surface area contributed by atoms with Gasteiger partial charge in [0.25, 0.3) is 5.91 Å². The Balaban J connectivity index is 1.55. The van der Waals surface area contributed by atoms with Crippen molar-refractivity contribution in [1.29, 1.82) is 0 Å². The van der Waals surface area contributed by atoms with Gasteiger partial charge in [-0.15, -0.1) is 0 Å². The number of carbonyl (C=O) groups excluding carboxylic acids is 1. The number of imidazole rings is 1. The topological polar surface area (TPSA) is 66.8 Å². The number of fused-ring (bicyclic) bond motifs is 1. The van der Waals surface area contributed by atoms with Gasteiger partial charge in [0.15, 0.2) is 5.69 Å². The van der Waals surface area contributed by atoms with Crippen molar-refractivity contribution >= 4 is 5.91 Å². The molecular formula is C16H21N5O. The first kappa shape index (κ1) is 13.5. The van der Waals surface area contributed by atoms with E-state index in [1.54, 1.807) is 0 Å². The van der Waals surface area contributed by atoms with Crippen LogP contribution in [0.4, 0.5) is 0 Å². The number of H-pyrrole nitrogens is 1. The second-order valence-electron chi connectivity index (χ2n) is 6.31. The molecule has 0 radical (unpaired) electrons. The lowest BCUT2D eigenvalue weighted by atomic mass is 10.0. The second kappa shape index (κ2) is 5.26. The molecule has 1 saturated heterocycles. The number of carbonyl (C=O) groups is 1. The minimum atomic E-state index is 0.0851. The van der Waals surface area contributed by atoms with Crippen LogP contribution < -0.4 is 0 Å². The summed E-state index contributed by atoms with van der Waals surface area (Å²) in [6, 6.07) is 0.326. The second-order valence-corrected chi connectivity index (χ2v) is 6.31. The molecular weight excluding hydrogens is 278 g/mol. The number of nitrogens with one attached hydrogen (secondary N) is 1. The highest BCUT2D eigenvalue weighted by atomic mass is 16.2. The predicted molar refractivity (Wildman–Crippen MR) is 81.8 cm³/mol. The lowest BCUT2D eigenvalue weighted by molar-refractivity contribution is 0.0671. The average Bonchev–Trinajstić information content (AvgIpc) is 3.22. The largest absolute Gasteiger partial charge is 0.335 e. The Morgan fingerprint density at radius 3 is 3.09 bits per heavy atom. The van der Waals surface area contributed by atoms with Crippen LogP contribution in [-0.2, 0) is 12.8 Å². The Bertz CT molecular complexity index is 701. The minimum Gasteiger partial charge on any atom is -0.335 e. The highest BCUT2D eigenvalue weighted by Crippen LogP contribution is 2.27. The van der Waals surface area contributed by atoms with Crippen molar-refractivity contribution in [1.82, 2.24) is 24.6 Å². The molecule has 2 aromatic heterocycles. The first-order chi connectivity index (χ1) is 10.7. The van der Waals surface area contributed by atoms with Gasteiger partial charge in [0.1, 0.15) is 5.82 Å². The molecule has 1 aliphatic heterocycles. The van der Waals surface area contributed by atoms with Gasteiger partial charge >= 0.3 is 0 Å². The van der Waals surface area contributed by atoms with Gasteiger partial charge in [-0.2, -0.15) is 5.10 Å². The van der Waals surface area contributed by atoms with E-state index >= 15 is 0 Å². The highest BCUT2D eigenvalue weighted by Gasteiger charge is 2.30. The van der Waals surface area contributed by atoms with Gasteiger partial charge in [-0.1, -0.05) is 0 Å². The lowest BCUT2D eigenvalue weighted by Crippen LogP contribution is -2.41. The molecule has 6 nitrogen and oxygen atoms in total. The number of aromatic amines is 1. The number of hydrogen-bond acceptors (Lipinski definition) is 3. The van der Waals surface area contributed by atoms with E-state index in [1.807, 2.05) is 24.2 Å². The zero-order valence-corrected chi connectivity index (χ0v) is 12.9. The van der Waals surface area contributed by atoms with Crippen molar-refractivity contribution in [2.75, 3.05) is 13.1 Å². The van der Waals surface area contributed by atoms with E-state index in [9.17, 15) is 4.79 Å². The van der Waals surface area contributed by atoms with Crippen LogP contribution in [0.15, 0.2) is 12.4 Å². The maximum Gasteiger partial charge on any atom is 0.274 e. The van der Waals surface area contributed by atoms with Crippen LogP contribution in [0.3, 0.4) is 0 Å². The number of amides is 1. The number of nitrogens with zero attached hydrogens (tertiary/aromatic N) is 4. The molecule has 116 valence electrons. The van der Waals surface area contributed by atoms with Gasteiger partial charge in [-0.3, -0.25) is 9.89 Å². The summed E-state index contributed by atoms with van der Waals surface area (Å²) in [4.78, 5) is 19.1. The van der Waals surface area contributed by atoms with Crippen molar-refractivity contribution in [2.24, 2.45) is 0 Å².